The SMILES string of the molecule is O=C(COc1ccccc1C(=O)NCCc1cnn(-c2ccccc2)c1)Nc1ccccc1F. The number of amides is 2. The van der Waals surface area contributed by atoms with Crippen LogP contribution in [0, 0.1) is 5.82 Å². The van der Waals surface area contributed by atoms with Crippen LogP contribution in [0.4, 0.5) is 10.1 Å². The Morgan fingerprint density at radius 2 is 1.68 bits per heavy atom. The number of anilines is 1. The molecule has 0 aliphatic heterocycles. The fourth-order valence-corrected chi connectivity index (χ4v) is 3.30. The van der Waals surface area contributed by atoms with Crippen LogP contribution < -0.4 is 15.4 Å². The zero-order chi connectivity index (χ0) is 23.8. The van der Waals surface area contributed by atoms with Crippen LogP contribution in [0.2, 0.25) is 0 Å². The van der Waals surface area contributed by atoms with Gasteiger partial charge >= 0.3 is 0 Å². The standard InChI is InChI=1S/C26H23FN4O3/c27-22-11-5-6-12-23(22)30-25(32)18-34-24-13-7-4-10-21(24)26(33)28-15-14-19-16-29-31(17-19)20-8-2-1-3-9-20/h1-13,16-17H,14-15,18H2,(H,28,33)(H,30,32). The van der Waals surface area contributed by atoms with Crippen LogP contribution in [-0.4, -0.2) is 34.7 Å². The van der Waals surface area contributed by atoms with Crippen molar-refractivity contribution in [3.05, 3.63) is 108 Å². The van der Waals surface area contributed by atoms with Crippen molar-refractivity contribution in [1.82, 2.24) is 15.1 Å². The van der Waals surface area contributed by atoms with Crippen LogP contribution in [0.1, 0.15) is 15.9 Å². The Bertz CT molecular complexity index is 1270. The molecule has 1 heterocycles. The minimum absolute atomic E-state index is 0.0673. The summed E-state index contributed by atoms with van der Waals surface area (Å²) >= 11 is 0. The van der Waals surface area contributed by atoms with E-state index in [4.69, 9.17) is 4.74 Å². The van der Waals surface area contributed by atoms with Crippen molar-refractivity contribution in [3.8, 4) is 11.4 Å². The van der Waals surface area contributed by atoms with Crippen LogP contribution in [0.25, 0.3) is 5.69 Å². The van der Waals surface area contributed by atoms with Gasteiger partial charge in [0.2, 0.25) is 0 Å². The number of aromatic nitrogens is 2. The lowest BCUT2D eigenvalue weighted by atomic mass is 10.2. The molecule has 0 unspecified atom stereocenters. The first-order valence-corrected chi connectivity index (χ1v) is 10.7. The highest BCUT2D eigenvalue weighted by Gasteiger charge is 2.14. The zero-order valence-corrected chi connectivity index (χ0v) is 18.3. The first kappa shape index (κ1) is 22.7. The highest BCUT2D eigenvalue weighted by Crippen LogP contribution is 2.18. The largest absolute Gasteiger partial charge is 0.483 e. The van der Waals surface area contributed by atoms with E-state index in [1.807, 2.05) is 36.5 Å². The molecular formula is C26H23FN4O3. The van der Waals surface area contributed by atoms with Gasteiger partial charge in [-0.1, -0.05) is 42.5 Å². The van der Waals surface area contributed by atoms with Crippen molar-refractivity contribution in [2.45, 2.75) is 6.42 Å². The lowest BCUT2D eigenvalue weighted by Gasteiger charge is -2.12. The third-order valence-corrected chi connectivity index (χ3v) is 4.99. The maximum Gasteiger partial charge on any atom is 0.262 e. The fourth-order valence-electron chi connectivity index (χ4n) is 3.30. The summed E-state index contributed by atoms with van der Waals surface area (Å²) in [4.78, 5) is 24.8. The van der Waals surface area contributed by atoms with E-state index >= 15 is 0 Å². The second-order valence-electron chi connectivity index (χ2n) is 7.45. The van der Waals surface area contributed by atoms with Gasteiger partial charge < -0.3 is 15.4 Å². The molecule has 0 radical (unpaired) electrons. The number of halogens is 1. The quantitative estimate of drug-likeness (QED) is 0.397. The van der Waals surface area contributed by atoms with E-state index in [0.29, 0.717) is 18.5 Å². The van der Waals surface area contributed by atoms with Crippen molar-refractivity contribution in [2.75, 3.05) is 18.5 Å². The van der Waals surface area contributed by atoms with Crippen molar-refractivity contribution < 1.29 is 18.7 Å². The van der Waals surface area contributed by atoms with Crippen LogP contribution in [0.3, 0.4) is 0 Å². The van der Waals surface area contributed by atoms with Crippen molar-refractivity contribution in [3.63, 3.8) is 0 Å². The number of hydrogen-bond donors (Lipinski definition) is 2. The van der Waals surface area contributed by atoms with Crippen LogP contribution in [-0.2, 0) is 11.2 Å². The normalized spacial score (nSPS) is 10.5. The average Bonchev–Trinajstić information content (AvgIpc) is 3.34. The summed E-state index contributed by atoms with van der Waals surface area (Å²) in [7, 11) is 0. The predicted octanol–water partition coefficient (Wildman–Crippen LogP) is 4.00. The van der Waals surface area contributed by atoms with E-state index in [2.05, 4.69) is 15.7 Å². The van der Waals surface area contributed by atoms with Gasteiger partial charge in [-0.3, -0.25) is 9.59 Å². The summed E-state index contributed by atoms with van der Waals surface area (Å²) < 4.78 is 21.0. The number of hydrogen-bond acceptors (Lipinski definition) is 4. The molecule has 2 N–H and O–H groups in total. The van der Waals surface area contributed by atoms with Gasteiger partial charge in [0.25, 0.3) is 11.8 Å². The molecule has 0 atom stereocenters. The number of carbonyl (C=O) groups is 2. The molecular weight excluding hydrogens is 435 g/mol. The Balaban J connectivity index is 1.30. The Morgan fingerprint density at radius 1 is 0.941 bits per heavy atom. The molecule has 0 aliphatic carbocycles. The molecule has 0 bridgehead atoms. The Hall–Kier alpha value is -4.46. The smallest absolute Gasteiger partial charge is 0.262 e. The molecule has 4 aromatic rings. The lowest BCUT2D eigenvalue weighted by molar-refractivity contribution is -0.118. The Morgan fingerprint density at radius 3 is 2.50 bits per heavy atom. The molecule has 2 amide bonds. The van der Waals surface area contributed by atoms with Gasteiger partial charge in [-0.15, -0.1) is 0 Å². The molecule has 1 aromatic heterocycles. The molecule has 0 saturated carbocycles. The zero-order valence-electron chi connectivity index (χ0n) is 18.3. The number of carbonyl (C=O) groups excluding carboxylic acids is 2. The van der Waals surface area contributed by atoms with Crippen molar-refractivity contribution in [2.24, 2.45) is 0 Å². The summed E-state index contributed by atoms with van der Waals surface area (Å²) in [5.41, 5.74) is 2.32. The second kappa shape index (κ2) is 10.9. The van der Waals surface area contributed by atoms with Gasteiger partial charge in [-0.2, -0.15) is 5.10 Å². The number of ether oxygens (including phenoxy) is 1. The Labute approximate surface area is 196 Å². The van der Waals surface area contributed by atoms with Gasteiger partial charge in [-0.25, -0.2) is 9.07 Å². The molecule has 0 saturated heterocycles. The van der Waals surface area contributed by atoms with Crippen molar-refractivity contribution >= 4 is 17.5 Å². The monoisotopic (exact) mass is 458 g/mol. The van der Waals surface area contributed by atoms with Gasteiger partial charge in [0.05, 0.1) is 23.1 Å². The predicted molar refractivity (Wildman–Crippen MR) is 127 cm³/mol. The molecule has 7 nitrogen and oxygen atoms in total. The molecule has 34 heavy (non-hydrogen) atoms. The minimum atomic E-state index is -0.537. The topological polar surface area (TPSA) is 85.2 Å². The molecule has 172 valence electrons. The molecule has 0 aliphatic rings. The average molecular weight is 458 g/mol. The molecule has 3 aromatic carbocycles. The summed E-state index contributed by atoms with van der Waals surface area (Å²) in [5, 5.41) is 9.67. The van der Waals surface area contributed by atoms with Gasteiger partial charge in [0.15, 0.2) is 6.61 Å². The highest BCUT2D eigenvalue weighted by atomic mass is 19.1. The van der Waals surface area contributed by atoms with E-state index in [1.165, 1.54) is 18.2 Å². The third kappa shape index (κ3) is 5.86. The Kier molecular flexibility index (Phi) is 7.29. The molecule has 4 rings (SSSR count). The van der Waals surface area contributed by atoms with E-state index in [9.17, 15) is 14.0 Å². The fraction of sp³-hybridized carbons (Fsp3) is 0.115. The summed E-state index contributed by atoms with van der Waals surface area (Å²) in [6.45, 7) is 0.0404. The van der Waals surface area contributed by atoms with Gasteiger partial charge in [0.1, 0.15) is 11.6 Å². The van der Waals surface area contributed by atoms with E-state index < -0.39 is 11.7 Å². The van der Waals surface area contributed by atoms with Crippen LogP contribution in [0.15, 0.2) is 91.3 Å². The van der Waals surface area contributed by atoms with E-state index in [-0.39, 0.29) is 24.0 Å². The number of nitrogens with zero attached hydrogens (tertiary/aromatic N) is 2. The first-order chi connectivity index (χ1) is 16.6. The summed E-state index contributed by atoms with van der Waals surface area (Å²) in [6.07, 6.45) is 4.30. The minimum Gasteiger partial charge on any atom is -0.483 e. The summed E-state index contributed by atoms with van der Waals surface area (Å²) in [6, 6.07) is 22.3. The first-order valence-electron chi connectivity index (χ1n) is 10.7. The van der Waals surface area contributed by atoms with Crippen LogP contribution >= 0.6 is 0 Å². The van der Waals surface area contributed by atoms with E-state index in [1.54, 1.807) is 41.2 Å². The number of benzene rings is 3. The van der Waals surface area contributed by atoms with E-state index in [0.717, 1.165) is 11.3 Å². The number of rotatable bonds is 9. The van der Waals surface area contributed by atoms with Crippen LogP contribution in [0.5, 0.6) is 5.75 Å². The third-order valence-electron chi connectivity index (χ3n) is 4.99. The van der Waals surface area contributed by atoms with Gasteiger partial charge in [0, 0.05) is 12.7 Å². The maximum absolute atomic E-state index is 13.7. The molecule has 8 heteroatoms. The maximum atomic E-state index is 13.7. The summed E-state index contributed by atoms with van der Waals surface area (Å²) in [5.74, 6) is -1.12. The van der Waals surface area contributed by atoms with Crippen molar-refractivity contribution in [1.29, 1.82) is 0 Å². The number of para-hydroxylation sites is 3. The molecule has 0 fully saturated rings. The highest BCUT2D eigenvalue weighted by molar-refractivity contribution is 5.97. The number of nitrogens with one attached hydrogen (secondary N) is 2. The van der Waals surface area contributed by atoms with Gasteiger partial charge in [-0.05, 0) is 48.4 Å². The second-order valence-corrected chi connectivity index (χ2v) is 7.45. The lowest BCUT2D eigenvalue weighted by Crippen LogP contribution is -2.27. The molecule has 0 spiro atoms.